The lowest BCUT2D eigenvalue weighted by Crippen LogP contribution is -2.48. The average molecular weight is 539 g/mol. The maximum absolute atomic E-state index is 13.5. The van der Waals surface area contributed by atoms with E-state index >= 15 is 0 Å². The maximum Gasteiger partial charge on any atom is 0.242 e. The van der Waals surface area contributed by atoms with Crippen LogP contribution in [-0.4, -0.2) is 57.7 Å². The summed E-state index contributed by atoms with van der Waals surface area (Å²) in [6.45, 7) is 2.20. The smallest absolute Gasteiger partial charge is 0.242 e. The number of rotatable bonds is 13. The molecule has 1 unspecified atom stereocenters. The monoisotopic (exact) mass is 538 g/mol. The first kappa shape index (κ1) is 29.3. The van der Waals surface area contributed by atoms with Crippen molar-refractivity contribution in [3.05, 3.63) is 83.2 Å². The number of nitrogens with one attached hydrogen (secondary N) is 1. The number of amides is 2. The molecule has 0 heterocycles. The van der Waals surface area contributed by atoms with Crippen LogP contribution in [0.4, 0.5) is 4.39 Å². The Hall–Kier alpha value is -4.27. The van der Waals surface area contributed by atoms with Crippen molar-refractivity contribution in [2.75, 3.05) is 35.0 Å². The Bertz CT molecular complexity index is 1260. The van der Waals surface area contributed by atoms with Crippen LogP contribution < -0.4 is 24.3 Å². The SMILES string of the molecule is COc1ccc(CCNC(=O)C(C)N(Cc2ccc(F)cc2)C(=O)Cc2ccc(OC)c(OC)c2)cc1OC. The van der Waals surface area contributed by atoms with Crippen molar-refractivity contribution >= 4 is 11.8 Å². The van der Waals surface area contributed by atoms with E-state index in [1.807, 2.05) is 18.2 Å². The van der Waals surface area contributed by atoms with E-state index in [-0.39, 0.29) is 30.6 Å². The first-order valence-electron chi connectivity index (χ1n) is 12.5. The molecule has 1 atom stereocenters. The molecule has 0 aliphatic carbocycles. The summed E-state index contributed by atoms with van der Waals surface area (Å²) in [7, 11) is 6.21. The van der Waals surface area contributed by atoms with Gasteiger partial charge in [0.25, 0.3) is 0 Å². The van der Waals surface area contributed by atoms with E-state index in [2.05, 4.69) is 5.32 Å². The molecule has 0 aromatic heterocycles. The first-order valence-corrected chi connectivity index (χ1v) is 12.5. The second kappa shape index (κ2) is 14.0. The van der Waals surface area contributed by atoms with Crippen LogP contribution in [0.2, 0.25) is 0 Å². The van der Waals surface area contributed by atoms with Gasteiger partial charge in [0.2, 0.25) is 11.8 Å². The number of halogens is 1. The summed E-state index contributed by atoms with van der Waals surface area (Å²) in [5.74, 6) is 1.38. The number of methoxy groups -OCH3 is 4. The van der Waals surface area contributed by atoms with Crippen molar-refractivity contribution in [1.82, 2.24) is 10.2 Å². The van der Waals surface area contributed by atoms with Gasteiger partial charge in [0.05, 0.1) is 34.9 Å². The molecule has 0 saturated heterocycles. The van der Waals surface area contributed by atoms with Crippen molar-refractivity contribution in [3.63, 3.8) is 0 Å². The molecule has 39 heavy (non-hydrogen) atoms. The normalized spacial score (nSPS) is 11.3. The minimum atomic E-state index is -0.770. The Morgan fingerprint density at radius 1 is 0.769 bits per heavy atom. The molecule has 0 radical (unpaired) electrons. The first-order chi connectivity index (χ1) is 18.8. The van der Waals surface area contributed by atoms with E-state index in [1.54, 1.807) is 58.6 Å². The summed E-state index contributed by atoms with van der Waals surface area (Å²) < 4.78 is 34.7. The molecule has 208 valence electrons. The topological polar surface area (TPSA) is 86.3 Å². The summed E-state index contributed by atoms with van der Waals surface area (Å²) in [6.07, 6.45) is 0.612. The Kier molecular flexibility index (Phi) is 10.5. The third-order valence-corrected chi connectivity index (χ3v) is 6.40. The van der Waals surface area contributed by atoms with Gasteiger partial charge in [-0.25, -0.2) is 4.39 Å². The molecule has 3 aromatic rings. The molecule has 3 aromatic carbocycles. The van der Waals surface area contributed by atoms with E-state index in [9.17, 15) is 14.0 Å². The molecular formula is C30H35FN2O6. The average Bonchev–Trinajstić information content (AvgIpc) is 2.96. The van der Waals surface area contributed by atoms with Gasteiger partial charge in [-0.1, -0.05) is 24.3 Å². The van der Waals surface area contributed by atoms with Gasteiger partial charge in [-0.2, -0.15) is 0 Å². The largest absolute Gasteiger partial charge is 0.493 e. The fourth-order valence-corrected chi connectivity index (χ4v) is 4.15. The summed E-state index contributed by atoms with van der Waals surface area (Å²) >= 11 is 0. The predicted molar refractivity (Wildman–Crippen MR) is 146 cm³/mol. The minimum Gasteiger partial charge on any atom is -0.493 e. The van der Waals surface area contributed by atoms with Crippen LogP contribution in [0, 0.1) is 5.82 Å². The van der Waals surface area contributed by atoms with Crippen LogP contribution in [0.5, 0.6) is 23.0 Å². The number of hydrogen-bond donors (Lipinski definition) is 1. The molecule has 0 aliphatic rings. The van der Waals surface area contributed by atoms with Gasteiger partial charge in [-0.15, -0.1) is 0 Å². The van der Waals surface area contributed by atoms with Crippen LogP contribution >= 0.6 is 0 Å². The summed E-state index contributed by atoms with van der Waals surface area (Å²) in [5.41, 5.74) is 2.39. The summed E-state index contributed by atoms with van der Waals surface area (Å²) in [4.78, 5) is 28.1. The van der Waals surface area contributed by atoms with Crippen LogP contribution in [-0.2, 0) is 29.0 Å². The zero-order valence-corrected chi connectivity index (χ0v) is 23.0. The van der Waals surface area contributed by atoms with E-state index in [4.69, 9.17) is 18.9 Å². The molecule has 0 bridgehead atoms. The van der Waals surface area contributed by atoms with E-state index in [0.29, 0.717) is 47.1 Å². The Labute approximate surface area is 228 Å². The van der Waals surface area contributed by atoms with Gasteiger partial charge in [-0.3, -0.25) is 9.59 Å². The third-order valence-electron chi connectivity index (χ3n) is 6.40. The second-order valence-corrected chi connectivity index (χ2v) is 8.92. The number of ether oxygens (including phenoxy) is 4. The lowest BCUT2D eigenvalue weighted by atomic mass is 10.1. The standard InChI is InChI=1S/C30H35FN2O6/c1-20(30(35)32-15-14-21-8-12-25(36-2)27(16-21)38-4)33(19-22-6-10-24(31)11-7-22)29(34)18-23-9-13-26(37-3)28(17-23)39-5/h6-13,16-17,20H,14-15,18-19H2,1-5H3,(H,32,35). The van der Waals surface area contributed by atoms with E-state index < -0.39 is 6.04 Å². The molecular weight excluding hydrogens is 503 g/mol. The van der Waals surface area contributed by atoms with Crippen molar-refractivity contribution in [1.29, 1.82) is 0 Å². The number of carbonyl (C=O) groups is 2. The van der Waals surface area contributed by atoms with E-state index in [1.165, 1.54) is 24.1 Å². The van der Waals surface area contributed by atoms with Gasteiger partial charge in [0, 0.05) is 13.1 Å². The molecule has 2 amide bonds. The van der Waals surface area contributed by atoms with Crippen molar-refractivity contribution in [3.8, 4) is 23.0 Å². The molecule has 0 saturated carbocycles. The number of nitrogens with zero attached hydrogens (tertiary/aromatic N) is 1. The highest BCUT2D eigenvalue weighted by Crippen LogP contribution is 2.29. The van der Waals surface area contributed by atoms with Gasteiger partial charge in [0.15, 0.2) is 23.0 Å². The summed E-state index contributed by atoms with van der Waals surface area (Å²) in [5, 5.41) is 2.92. The van der Waals surface area contributed by atoms with Crippen molar-refractivity contribution in [2.45, 2.75) is 32.4 Å². The number of hydrogen-bond acceptors (Lipinski definition) is 6. The molecule has 0 spiro atoms. The third kappa shape index (κ3) is 7.86. The quantitative estimate of drug-likeness (QED) is 0.352. The predicted octanol–water partition coefficient (Wildman–Crippen LogP) is 4.18. The second-order valence-electron chi connectivity index (χ2n) is 8.92. The van der Waals surface area contributed by atoms with Crippen LogP contribution in [0.1, 0.15) is 23.6 Å². The molecule has 9 heteroatoms. The number of benzene rings is 3. The van der Waals surface area contributed by atoms with Crippen molar-refractivity contribution < 1.29 is 32.9 Å². The fraction of sp³-hybridized carbons (Fsp3) is 0.333. The fourth-order valence-electron chi connectivity index (χ4n) is 4.15. The lowest BCUT2D eigenvalue weighted by molar-refractivity contribution is -0.140. The Balaban J connectivity index is 1.72. The highest BCUT2D eigenvalue weighted by molar-refractivity contribution is 5.88. The van der Waals surface area contributed by atoms with Crippen LogP contribution in [0.25, 0.3) is 0 Å². The molecule has 0 aliphatic heterocycles. The molecule has 1 N–H and O–H groups in total. The molecule has 3 rings (SSSR count). The minimum absolute atomic E-state index is 0.0464. The van der Waals surface area contributed by atoms with Crippen LogP contribution in [0.3, 0.4) is 0 Å². The molecule has 8 nitrogen and oxygen atoms in total. The Morgan fingerprint density at radius 3 is 1.85 bits per heavy atom. The molecule has 0 fully saturated rings. The zero-order chi connectivity index (χ0) is 28.4. The highest BCUT2D eigenvalue weighted by atomic mass is 19.1. The zero-order valence-electron chi connectivity index (χ0n) is 23.0. The van der Waals surface area contributed by atoms with Gasteiger partial charge in [0.1, 0.15) is 11.9 Å². The van der Waals surface area contributed by atoms with Crippen molar-refractivity contribution in [2.24, 2.45) is 0 Å². The highest BCUT2D eigenvalue weighted by Gasteiger charge is 2.26. The van der Waals surface area contributed by atoms with Gasteiger partial charge >= 0.3 is 0 Å². The summed E-state index contributed by atoms with van der Waals surface area (Å²) in [6, 6.07) is 15.9. The van der Waals surface area contributed by atoms with Gasteiger partial charge < -0.3 is 29.2 Å². The lowest BCUT2D eigenvalue weighted by Gasteiger charge is -2.29. The van der Waals surface area contributed by atoms with Crippen LogP contribution in [0.15, 0.2) is 60.7 Å². The van der Waals surface area contributed by atoms with E-state index in [0.717, 1.165) is 5.56 Å². The Morgan fingerprint density at radius 2 is 1.28 bits per heavy atom. The number of carbonyl (C=O) groups excluding carboxylic acids is 2. The van der Waals surface area contributed by atoms with Gasteiger partial charge in [-0.05, 0) is 66.4 Å². The maximum atomic E-state index is 13.5.